The van der Waals surface area contributed by atoms with Crippen LogP contribution < -0.4 is 10.6 Å². The van der Waals surface area contributed by atoms with Gasteiger partial charge in [-0.05, 0) is 42.8 Å². The molecule has 0 aliphatic rings. The highest BCUT2D eigenvalue weighted by atomic mass is 19.4. The van der Waals surface area contributed by atoms with Crippen molar-refractivity contribution in [2.75, 3.05) is 10.6 Å². The summed E-state index contributed by atoms with van der Waals surface area (Å²) in [6.07, 6.45) is -4.47. The van der Waals surface area contributed by atoms with Crippen molar-refractivity contribution in [3.05, 3.63) is 53.6 Å². The fourth-order valence-corrected chi connectivity index (χ4v) is 2.23. The van der Waals surface area contributed by atoms with Crippen LogP contribution in [0.4, 0.5) is 29.6 Å². The molecular formula is C16H13F3N4O. The predicted octanol–water partition coefficient (Wildman–Crippen LogP) is 4.53. The fraction of sp³-hybridized carbons (Fsp3) is 0.125. The lowest BCUT2D eigenvalue weighted by atomic mass is 10.2. The number of amides is 2. The molecule has 24 heavy (non-hydrogen) atoms. The maximum Gasteiger partial charge on any atom is 0.416 e. The maximum atomic E-state index is 12.7. The number of anilines is 2. The molecule has 1 heterocycles. The van der Waals surface area contributed by atoms with Crippen molar-refractivity contribution in [1.29, 1.82) is 0 Å². The standard InChI is InChI=1S/C16H13F3N4O/c1-9-5-6-12-13(7-9)22-14(21-12)23-15(24)20-11-4-2-3-10(8-11)16(17,18)19/h2-8H,1H3,(H3,20,21,22,23,24). The number of carbonyl (C=O) groups excluding carboxylic acids is 1. The van der Waals surface area contributed by atoms with E-state index in [1.807, 2.05) is 19.1 Å². The van der Waals surface area contributed by atoms with Gasteiger partial charge in [0.2, 0.25) is 5.95 Å². The van der Waals surface area contributed by atoms with Crippen LogP contribution in [0, 0.1) is 6.92 Å². The first-order valence-electron chi connectivity index (χ1n) is 7.03. The number of carbonyl (C=O) groups is 1. The molecule has 3 rings (SSSR count). The third kappa shape index (κ3) is 3.48. The first-order chi connectivity index (χ1) is 11.3. The first kappa shape index (κ1) is 15.9. The highest BCUT2D eigenvalue weighted by Gasteiger charge is 2.30. The molecule has 0 radical (unpaired) electrons. The third-order valence-corrected chi connectivity index (χ3v) is 3.32. The summed E-state index contributed by atoms with van der Waals surface area (Å²) in [5.74, 6) is 0.208. The highest BCUT2D eigenvalue weighted by Crippen LogP contribution is 2.30. The van der Waals surface area contributed by atoms with Crippen LogP contribution in [-0.2, 0) is 6.18 Å². The summed E-state index contributed by atoms with van der Waals surface area (Å²) < 4.78 is 38.0. The first-order valence-corrected chi connectivity index (χ1v) is 7.03. The quantitative estimate of drug-likeness (QED) is 0.644. The Hall–Kier alpha value is -3.03. The highest BCUT2D eigenvalue weighted by molar-refractivity contribution is 5.99. The van der Waals surface area contributed by atoms with Crippen LogP contribution in [0.3, 0.4) is 0 Å². The minimum absolute atomic E-state index is 0.0364. The number of aryl methyl sites for hydroxylation is 1. The van der Waals surface area contributed by atoms with E-state index in [1.165, 1.54) is 12.1 Å². The molecule has 3 N–H and O–H groups in total. The second-order valence-electron chi connectivity index (χ2n) is 5.26. The summed E-state index contributed by atoms with van der Waals surface area (Å²) in [7, 11) is 0. The smallest absolute Gasteiger partial charge is 0.324 e. The Bertz CT molecular complexity index is 902. The minimum atomic E-state index is -4.47. The number of halogens is 3. The summed E-state index contributed by atoms with van der Waals surface area (Å²) in [6.45, 7) is 1.92. The van der Waals surface area contributed by atoms with E-state index in [4.69, 9.17) is 0 Å². The van der Waals surface area contributed by atoms with Crippen molar-refractivity contribution in [2.24, 2.45) is 0 Å². The van der Waals surface area contributed by atoms with Crippen molar-refractivity contribution < 1.29 is 18.0 Å². The Kier molecular flexibility index (Phi) is 3.88. The van der Waals surface area contributed by atoms with Crippen LogP contribution in [0.15, 0.2) is 42.5 Å². The lowest BCUT2D eigenvalue weighted by molar-refractivity contribution is -0.137. The third-order valence-electron chi connectivity index (χ3n) is 3.32. The Morgan fingerprint density at radius 1 is 1.12 bits per heavy atom. The Labute approximate surface area is 134 Å². The number of alkyl halides is 3. The zero-order valence-corrected chi connectivity index (χ0v) is 12.5. The molecule has 0 saturated carbocycles. The van der Waals surface area contributed by atoms with Gasteiger partial charge < -0.3 is 10.3 Å². The molecule has 0 spiro atoms. The van der Waals surface area contributed by atoms with Gasteiger partial charge in [0, 0.05) is 5.69 Å². The molecule has 0 bridgehead atoms. The number of hydrogen-bond acceptors (Lipinski definition) is 2. The number of benzene rings is 2. The van der Waals surface area contributed by atoms with Gasteiger partial charge in [0.15, 0.2) is 0 Å². The van der Waals surface area contributed by atoms with Gasteiger partial charge in [0.25, 0.3) is 0 Å². The number of nitrogens with one attached hydrogen (secondary N) is 3. The van der Waals surface area contributed by atoms with Crippen molar-refractivity contribution in [2.45, 2.75) is 13.1 Å². The average molecular weight is 334 g/mol. The molecule has 0 aliphatic carbocycles. The molecule has 5 nitrogen and oxygen atoms in total. The zero-order valence-electron chi connectivity index (χ0n) is 12.5. The van der Waals surface area contributed by atoms with Crippen molar-refractivity contribution in [3.8, 4) is 0 Å². The largest absolute Gasteiger partial charge is 0.416 e. The number of fused-ring (bicyclic) bond motifs is 1. The Morgan fingerprint density at radius 2 is 1.92 bits per heavy atom. The summed E-state index contributed by atoms with van der Waals surface area (Å²) in [5.41, 5.74) is 1.67. The SMILES string of the molecule is Cc1ccc2nc(NC(=O)Nc3cccc(C(F)(F)F)c3)[nH]c2c1. The lowest BCUT2D eigenvalue weighted by Crippen LogP contribution is -2.20. The van der Waals surface area contributed by atoms with E-state index >= 15 is 0 Å². The number of imidazole rings is 1. The molecule has 0 atom stereocenters. The number of nitrogens with zero attached hydrogens (tertiary/aromatic N) is 1. The molecule has 0 fully saturated rings. The van der Waals surface area contributed by atoms with Gasteiger partial charge in [-0.1, -0.05) is 12.1 Å². The van der Waals surface area contributed by atoms with Crippen LogP contribution >= 0.6 is 0 Å². The molecule has 2 aromatic carbocycles. The topological polar surface area (TPSA) is 69.8 Å². The summed E-state index contributed by atoms with van der Waals surface area (Å²) in [4.78, 5) is 19.0. The van der Waals surface area contributed by atoms with E-state index in [1.54, 1.807) is 6.07 Å². The summed E-state index contributed by atoms with van der Waals surface area (Å²) in [6, 6.07) is 9.27. The molecule has 8 heteroatoms. The zero-order chi connectivity index (χ0) is 17.3. The van der Waals surface area contributed by atoms with Gasteiger partial charge in [0.05, 0.1) is 16.6 Å². The van der Waals surface area contributed by atoms with Crippen LogP contribution in [0.1, 0.15) is 11.1 Å². The van der Waals surface area contributed by atoms with E-state index in [0.717, 1.165) is 23.2 Å². The Balaban J connectivity index is 1.73. The predicted molar refractivity (Wildman–Crippen MR) is 84.9 cm³/mol. The molecule has 0 unspecified atom stereocenters. The number of H-pyrrole nitrogens is 1. The van der Waals surface area contributed by atoms with E-state index in [9.17, 15) is 18.0 Å². The second kappa shape index (κ2) is 5.88. The number of rotatable bonds is 2. The van der Waals surface area contributed by atoms with Gasteiger partial charge in [-0.15, -0.1) is 0 Å². The normalized spacial score (nSPS) is 11.5. The maximum absolute atomic E-state index is 12.7. The van der Waals surface area contributed by atoms with Crippen LogP contribution in [0.2, 0.25) is 0 Å². The van der Waals surface area contributed by atoms with Crippen molar-refractivity contribution >= 4 is 28.7 Å². The minimum Gasteiger partial charge on any atom is -0.324 e. The van der Waals surface area contributed by atoms with Crippen LogP contribution in [0.5, 0.6) is 0 Å². The van der Waals surface area contributed by atoms with Crippen molar-refractivity contribution in [3.63, 3.8) is 0 Å². The molecule has 3 aromatic rings. The average Bonchev–Trinajstić information content (AvgIpc) is 2.87. The van der Waals surface area contributed by atoms with E-state index in [0.29, 0.717) is 5.52 Å². The molecule has 0 saturated heterocycles. The lowest BCUT2D eigenvalue weighted by Gasteiger charge is -2.09. The molecule has 2 amide bonds. The van der Waals surface area contributed by atoms with Gasteiger partial charge in [-0.25, -0.2) is 9.78 Å². The van der Waals surface area contributed by atoms with Crippen LogP contribution in [-0.4, -0.2) is 16.0 Å². The number of aromatic nitrogens is 2. The van der Waals surface area contributed by atoms with Gasteiger partial charge in [0.1, 0.15) is 0 Å². The summed E-state index contributed by atoms with van der Waals surface area (Å²) in [5, 5.41) is 4.81. The fourth-order valence-electron chi connectivity index (χ4n) is 2.23. The van der Waals surface area contributed by atoms with Gasteiger partial charge in [-0.2, -0.15) is 13.2 Å². The Morgan fingerprint density at radius 3 is 2.67 bits per heavy atom. The molecule has 124 valence electrons. The summed E-state index contributed by atoms with van der Waals surface area (Å²) >= 11 is 0. The van der Waals surface area contributed by atoms with E-state index in [-0.39, 0.29) is 11.6 Å². The van der Waals surface area contributed by atoms with Crippen molar-refractivity contribution in [1.82, 2.24) is 9.97 Å². The number of urea groups is 1. The molecule has 1 aromatic heterocycles. The monoisotopic (exact) mass is 334 g/mol. The second-order valence-corrected chi connectivity index (χ2v) is 5.26. The number of aromatic amines is 1. The van der Waals surface area contributed by atoms with Gasteiger partial charge in [-0.3, -0.25) is 5.32 Å². The number of hydrogen-bond donors (Lipinski definition) is 3. The van der Waals surface area contributed by atoms with Crippen LogP contribution in [0.25, 0.3) is 11.0 Å². The molecule has 0 aliphatic heterocycles. The van der Waals surface area contributed by atoms with E-state index in [2.05, 4.69) is 20.6 Å². The molecular weight excluding hydrogens is 321 g/mol. The van der Waals surface area contributed by atoms with Gasteiger partial charge >= 0.3 is 12.2 Å². The van der Waals surface area contributed by atoms with E-state index < -0.39 is 17.8 Å².